The van der Waals surface area contributed by atoms with Gasteiger partial charge in [0.05, 0.1) is 12.3 Å². The number of hydrogen-bond donors (Lipinski definition) is 0. The van der Waals surface area contributed by atoms with Crippen molar-refractivity contribution in [1.82, 2.24) is 4.98 Å². The van der Waals surface area contributed by atoms with Crippen LogP contribution in [0.3, 0.4) is 0 Å². The molecular weight excluding hydrogens is 160 g/mol. The van der Waals surface area contributed by atoms with E-state index in [1.807, 2.05) is 0 Å². The standard InChI is InChI=1S/C7H6N2OS/c1-10-6-3-2-4-8-7(6)9-5-11/h2-4H,1H3. The van der Waals surface area contributed by atoms with E-state index in [2.05, 4.69) is 27.4 Å². The monoisotopic (exact) mass is 166 g/mol. The van der Waals surface area contributed by atoms with Gasteiger partial charge in [0.25, 0.3) is 0 Å². The predicted octanol–water partition coefficient (Wildman–Crippen LogP) is 1.82. The first kappa shape index (κ1) is 7.85. The molecule has 0 unspecified atom stereocenters. The minimum Gasteiger partial charge on any atom is -0.493 e. The van der Waals surface area contributed by atoms with Gasteiger partial charge in [-0.2, -0.15) is 4.99 Å². The van der Waals surface area contributed by atoms with Gasteiger partial charge in [0.15, 0.2) is 5.75 Å². The summed E-state index contributed by atoms with van der Waals surface area (Å²) >= 11 is 4.43. The maximum absolute atomic E-state index is 4.96. The zero-order chi connectivity index (χ0) is 8.10. The Hall–Kier alpha value is -1.25. The van der Waals surface area contributed by atoms with Crippen LogP contribution in [0, 0.1) is 0 Å². The number of methoxy groups -OCH3 is 1. The van der Waals surface area contributed by atoms with Crippen LogP contribution in [-0.2, 0) is 0 Å². The van der Waals surface area contributed by atoms with Gasteiger partial charge in [-0.1, -0.05) is 0 Å². The number of nitrogens with zero attached hydrogens (tertiary/aromatic N) is 2. The Morgan fingerprint density at radius 3 is 3.18 bits per heavy atom. The molecule has 0 aliphatic heterocycles. The number of thiocarbonyl (C=S) groups is 1. The first-order chi connectivity index (χ1) is 5.38. The first-order valence-corrected chi connectivity index (χ1v) is 3.36. The van der Waals surface area contributed by atoms with Crippen LogP contribution in [-0.4, -0.2) is 17.3 Å². The minimum absolute atomic E-state index is 0.463. The van der Waals surface area contributed by atoms with Gasteiger partial charge in [0.1, 0.15) is 0 Å². The Morgan fingerprint density at radius 1 is 1.73 bits per heavy atom. The molecule has 0 saturated heterocycles. The fourth-order valence-corrected chi connectivity index (χ4v) is 0.755. The van der Waals surface area contributed by atoms with Crippen molar-refractivity contribution in [3.8, 4) is 5.75 Å². The van der Waals surface area contributed by atoms with Crippen LogP contribution >= 0.6 is 12.2 Å². The molecule has 0 bridgehead atoms. The number of hydrogen-bond acceptors (Lipinski definition) is 4. The summed E-state index contributed by atoms with van der Waals surface area (Å²) in [6.07, 6.45) is 1.62. The molecule has 0 atom stereocenters. The Bertz CT molecular complexity index is 294. The molecule has 0 aliphatic carbocycles. The molecule has 0 radical (unpaired) electrons. The van der Waals surface area contributed by atoms with Crippen LogP contribution in [0.4, 0.5) is 5.82 Å². The average Bonchev–Trinajstić information content (AvgIpc) is 2.06. The van der Waals surface area contributed by atoms with E-state index in [0.29, 0.717) is 11.6 Å². The van der Waals surface area contributed by atoms with Gasteiger partial charge in [-0.15, -0.1) is 0 Å². The van der Waals surface area contributed by atoms with Gasteiger partial charge < -0.3 is 4.74 Å². The van der Waals surface area contributed by atoms with E-state index in [-0.39, 0.29) is 0 Å². The quantitative estimate of drug-likeness (QED) is 0.496. The van der Waals surface area contributed by atoms with Crippen molar-refractivity contribution >= 4 is 23.2 Å². The predicted molar refractivity (Wildman–Crippen MR) is 45.5 cm³/mol. The summed E-state index contributed by atoms with van der Waals surface area (Å²) in [7, 11) is 1.55. The molecule has 0 aliphatic rings. The Balaban J connectivity index is 3.11. The molecule has 0 fully saturated rings. The third kappa shape index (κ3) is 1.83. The van der Waals surface area contributed by atoms with Gasteiger partial charge >= 0.3 is 0 Å². The van der Waals surface area contributed by atoms with Gasteiger partial charge in [0.2, 0.25) is 5.82 Å². The molecule has 1 aromatic heterocycles. The summed E-state index contributed by atoms with van der Waals surface area (Å²) in [6, 6.07) is 3.53. The normalized spacial score (nSPS) is 8.45. The maximum atomic E-state index is 4.96. The van der Waals surface area contributed by atoms with E-state index >= 15 is 0 Å². The maximum Gasteiger partial charge on any atom is 0.204 e. The molecular formula is C7H6N2OS. The lowest BCUT2D eigenvalue weighted by Gasteiger charge is -1.99. The number of aromatic nitrogens is 1. The first-order valence-electron chi connectivity index (χ1n) is 2.95. The van der Waals surface area contributed by atoms with Crippen molar-refractivity contribution in [1.29, 1.82) is 0 Å². The summed E-state index contributed by atoms with van der Waals surface area (Å²) < 4.78 is 4.96. The fraction of sp³-hybridized carbons (Fsp3) is 0.143. The number of aliphatic imine (C=N–C) groups is 1. The van der Waals surface area contributed by atoms with Gasteiger partial charge in [-0.05, 0) is 24.4 Å². The number of isothiocyanates is 1. The summed E-state index contributed by atoms with van der Waals surface area (Å²) in [5, 5.41) is 2.22. The molecule has 3 nitrogen and oxygen atoms in total. The number of pyridine rings is 1. The highest BCUT2D eigenvalue weighted by molar-refractivity contribution is 7.78. The number of rotatable bonds is 2. The Labute approximate surface area is 69.7 Å². The molecule has 0 N–H and O–H groups in total. The highest BCUT2D eigenvalue weighted by Gasteiger charge is 1.98. The van der Waals surface area contributed by atoms with Gasteiger partial charge in [-0.25, -0.2) is 4.98 Å². The lowest BCUT2D eigenvalue weighted by Crippen LogP contribution is -1.84. The minimum atomic E-state index is 0.463. The zero-order valence-corrected chi connectivity index (χ0v) is 6.76. The molecule has 0 aromatic carbocycles. The Morgan fingerprint density at radius 2 is 2.55 bits per heavy atom. The van der Waals surface area contributed by atoms with Crippen LogP contribution in [0.25, 0.3) is 0 Å². The van der Waals surface area contributed by atoms with E-state index < -0.39 is 0 Å². The van der Waals surface area contributed by atoms with Crippen molar-refractivity contribution < 1.29 is 4.74 Å². The molecule has 11 heavy (non-hydrogen) atoms. The third-order valence-corrected chi connectivity index (χ3v) is 1.21. The van der Waals surface area contributed by atoms with Crippen LogP contribution in [0.5, 0.6) is 5.75 Å². The van der Waals surface area contributed by atoms with Gasteiger partial charge in [-0.3, -0.25) is 0 Å². The summed E-state index contributed by atoms with van der Waals surface area (Å²) in [5.74, 6) is 1.06. The van der Waals surface area contributed by atoms with Crippen molar-refractivity contribution in [2.75, 3.05) is 7.11 Å². The summed E-state index contributed by atoms with van der Waals surface area (Å²) in [4.78, 5) is 7.62. The lowest BCUT2D eigenvalue weighted by atomic mass is 10.4. The molecule has 0 spiro atoms. The largest absolute Gasteiger partial charge is 0.493 e. The van der Waals surface area contributed by atoms with E-state index in [1.54, 1.807) is 25.4 Å². The van der Waals surface area contributed by atoms with E-state index in [1.165, 1.54) is 0 Å². The third-order valence-electron chi connectivity index (χ3n) is 1.12. The van der Waals surface area contributed by atoms with Crippen LogP contribution in [0.1, 0.15) is 0 Å². The molecule has 0 amide bonds. The Kier molecular flexibility index (Phi) is 2.72. The van der Waals surface area contributed by atoms with Crippen molar-refractivity contribution in [3.63, 3.8) is 0 Å². The van der Waals surface area contributed by atoms with Gasteiger partial charge in [0, 0.05) is 6.20 Å². The molecule has 1 rings (SSSR count). The van der Waals surface area contributed by atoms with Crippen LogP contribution in [0.15, 0.2) is 23.3 Å². The summed E-state index contributed by atoms with van der Waals surface area (Å²) in [6.45, 7) is 0. The molecule has 1 aromatic rings. The van der Waals surface area contributed by atoms with E-state index in [9.17, 15) is 0 Å². The molecule has 1 heterocycles. The fourth-order valence-electron chi connectivity index (χ4n) is 0.669. The van der Waals surface area contributed by atoms with Crippen molar-refractivity contribution in [2.24, 2.45) is 4.99 Å². The van der Waals surface area contributed by atoms with Crippen molar-refractivity contribution in [3.05, 3.63) is 18.3 Å². The van der Waals surface area contributed by atoms with Crippen LogP contribution < -0.4 is 4.74 Å². The highest BCUT2D eigenvalue weighted by Crippen LogP contribution is 2.21. The second kappa shape index (κ2) is 3.81. The average molecular weight is 166 g/mol. The SMILES string of the molecule is COc1cccnc1N=C=S. The summed E-state index contributed by atoms with van der Waals surface area (Å²) in [5.41, 5.74) is 0. The van der Waals surface area contributed by atoms with E-state index in [4.69, 9.17) is 4.74 Å². The second-order valence-electron chi connectivity index (χ2n) is 1.73. The topological polar surface area (TPSA) is 34.5 Å². The molecule has 56 valence electrons. The highest BCUT2D eigenvalue weighted by atomic mass is 32.1. The second-order valence-corrected chi connectivity index (χ2v) is 1.91. The van der Waals surface area contributed by atoms with E-state index in [0.717, 1.165) is 0 Å². The molecule has 4 heteroatoms. The number of ether oxygens (including phenoxy) is 1. The molecule has 0 saturated carbocycles. The smallest absolute Gasteiger partial charge is 0.204 e. The van der Waals surface area contributed by atoms with Crippen LogP contribution in [0.2, 0.25) is 0 Å². The van der Waals surface area contributed by atoms with Crippen molar-refractivity contribution in [2.45, 2.75) is 0 Å². The zero-order valence-electron chi connectivity index (χ0n) is 5.94. The lowest BCUT2D eigenvalue weighted by molar-refractivity contribution is 0.414.